The standard InChI is InChI=1S/C15H11Cl2NO4/c16-12-8-11(18(20)21)9-13(17)15(12)22-14(19)7-6-10-4-2-1-3-5-10/h1-5,8-9H,6-7H2. The molecule has 0 fully saturated rings. The number of ether oxygens (including phenoxy) is 1. The van der Waals surface area contributed by atoms with Crippen LogP contribution in [0.25, 0.3) is 0 Å². The predicted octanol–water partition coefficient (Wildman–Crippen LogP) is 4.44. The first-order chi connectivity index (χ1) is 10.5. The molecule has 0 saturated heterocycles. The van der Waals surface area contributed by atoms with E-state index >= 15 is 0 Å². The van der Waals surface area contributed by atoms with Crippen LogP contribution in [0.3, 0.4) is 0 Å². The first kappa shape index (κ1) is 16.3. The average molecular weight is 340 g/mol. The Morgan fingerprint density at radius 3 is 2.27 bits per heavy atom. The molecule has 22 heavy (non-hydrogen) atoms. The summed E-state index contributed by atoms with van der Waals surface area (Å²) >= 11 is 11.7. The van der Waals surface area contributed by atoms with E-state index < -0.39 is 10.9 Å². The lowest BCUT2D eigenvalue weighted by Crippen LogP contribution is -2.10. The molecule has 0 aliphatic heterocycles. The van der Waals surface area contributed by atoms with Gasteiger partial charge in [0.2, 0.25) is 0 Å². The van der Waals surface area contributed by atoms with Gasteiger partial charge in [-0.15, -0.1) is 0 Å². The molecule has 0 aliphatic rings. The SMILES string of the molecule is O=C(CCc1ccccc1)Oc1c(Cl)cc([N+](=O)[O-])cc1Cl. The number of non-ortho nitro benzene ring substituents is 1. The van der Waals surface area contributed by atoms with E-state index in [1.54, 1.807) is 0 Å². The second kappa shape index (κ2) is 7.24. The molecule has 2 aromatic carbocycles. The van der Waals surface area contributed by atoms with E-state index in [0.717, 1.165) is 17.7 Å². The number of nitro benzene ring substituents is 1. The van der Waals surface area contributed by atoms with E-state index in [9.17, 15) is 14.9 Å². The van der Waals surface area contributed by atoms with Gasteiger partial charge in [0.15, 0.2) is 5.75 Å². The zero-order valence-corrected chi connectivity index (χ0v) is 12.8. The van der Waals surface area contributed by atoms with Gasteiger partial charge in [0.05, 0.1) is 15.0 Å². The molecular weight excluding hydrogens is 329 g/mol. The fraction of sp³-hybridized carbons (Fsp3) is 0.133. The third-order valence-corrected chi connectivity index (χ3v) is 3.43. The number of nitrogens with zero attached hydrogens (tertiary/aromatic N) is 1. The van der Waals surface area contributed by atoms with Gasteiger partial charge in [-0.1, -0.05) is 53.5 Å². The summed E-state index contributed by atoms with van der Waals surface area (Å²) in [5.74, 6) is -0.575. The molecule has 114 valence electrons. The Kier molecular flexibility index (Phi) is 5.35. The lowest BCUT2D eigenvalue weighted by atomic mass is 10.1. The first-order valence-electron chi connectivity index (χ1n) is 6.35. The minimum Gasteiger partial charge on any atom is -0.423 e. The number of carbonyl (C=O) groups excluding carboxylic acids is 1. The summed E-state index contributed by atoms with van der Waals surface area (Å²) in [5, 5.41) is 10.5. The maximum atomic E-state index is 11.8. The summed E-state index contributed by atoms with van der Waals surface area (Å²) in [6.45, 7) is 0. The van der Waals surface area contributed by atoms with E-state index in [0.29, 0.717) is 6.42 Å². The number of esters is 1. The van der Waals surface area contributed by atoms with E-state index in [2.05, 4.69) is 0 Å². The number of hydrogen-bond acceptors (Lipinski definition) is 4. The van der Waals surface area contributed by atoms with Crippen molar-refractivity contribution in [1.82, 2.24) is 0 Å². The van der Waals surface area contributed by atoms with Crippen molar-refractivity contribution < 1.29 is 14.5 Å². The Balaban J connectivity index is 2.04. The Morgan fingerprint density at radius 2 is 1.73 bits per heavy atom. The smallest absolute Gasteiger partial charge is 0.311 e. The van der Waals surface area contributed by atoms with Crippen LogP contribution < -0.4 is 4.74 Å². The van der Waals surface area contributed by atoms with E-state index in [-0.39, 0.29) is 27.9 Å². The van der Waals surface area contributed by atoms with E-state index in [1.807, 2.05) is 30.3 Å². The van der Waals surface area contributed by atoms with Crippen LogP contribution in [-0.2, 0) is 11.2 Å². The Hall–Kier alpha value is -2.11. The fourth-order valence-corrected chi connectivity index (χ4v) is 2.36. The van der Waals surface area contributed by atoms with Crippen LogP contribution in [0.1, 0.15) is 12.0 Å². The first-order valence-corrected chi connectivity index (χ1v) is 7.11. The second-order valence-corrected chi connectivity index (χ2v) is 5.27. The summed E-state index contributed by atoms with van der Waals surface area (Å²) in [5.41, 5.74) is 0.736. The average Bonchev–Trinajstić information content (AvgIpc) is 2.49. The number of benzene rings is 2. The predicted molar refractivity (Wildman–Crippen MR) is 83.5 cm³/mol. The van der Waals surface area contributed by atoms with Crippen molar-refractivity contribution in [2.75, 3.05) is 0 Å². The van der Waals surface area contributed by atoms with Crippen LogP contribution in [0.15, 0.2) is 42.5 Å². The Labute approximate surface area is 136 Å². The molecule has 0 bridgehead atoms. The summed E-state index contributed by atoms with van der Waals surface area (Å²) < 4.78 is 5.11. The molecule has 0 radical (unpaired) electrons. The van der Waals surface area contributed by atoms with Crippen LogP contribution in [0, 0.1) is 10.1 Å². The number of aryl methyl sites for hydroxylation is 1. The minimum absolute atomic E-state index is 0.0630. The molecule has 0 heterocycles. The number of hydrogen-bond donors (Lipinski definition) is 0. The summed E-state index contributed by atoms with van der Waals surface area (Å²) in [4.78, 5) is 21.9. The third-order valence-electron chi connectivity index (χ3n) is 2.87. The van der Waals surface area contributed by atoms with Crippen LogP contribution in [0.2, 0.25) is 10.0 Å². The molecule has 7 heteroatoms. The lowest BCUT2D eigenvalue weighted by molar-refractivity contribution is -0.384. The van der Waals surface area contributed by atoms with Crippen LogP contribution >= 0.6 is 23.2 Å². The molecule has 2 aromatic rings. The van der Waals surface area contributed by atoms with Crippen molar-refractivity contribution in [3.63, 3.8) is 0 Å². The number of rotatable bonds is 5. The summed E-state index contributed by atoms with van der Waals surface area (Å²) in [7, 11) is 0. The Bertz CT molecular complexity index is 681. The quantitative estimate of drug-likeness (QED) is 0.349. The van der Waals surface area contributed by atoms with Crippen molar-refractivity contribution in [3.05, 3.63) is 68.2 Å². The zero-order chi connectivity index (χ0) is 16.1. The van der Waals surface area contributed by atoms with Crippen molar-refractivity contribution in [3.8, 4) is 5.75 Å². The normalized spacial score (nSPS) is 10.3. The highest BCUT2D eigenvalue weighted by molar-refractivity contribution is 6.37. The largest absolute Gasteiger partial charge is 0.423 e. The number of carbonyl (C=O) groups is 1. The molecule has 0 aliphatic carbocycles. The number of halogens is 2. The zero-order valence-electron chi connectivity index (χ0n) is 11.3. The van der Waals surface area contributed by atoms with Gasteiger partial charge in [0.1, 0.15) is 0 Å². The van der Waals surface area contributed by atoms with Crippen LogP contribution in [-0.4, -0.2) is 10.9 Å². The third kappa shape index (κ3) is 4.19. The van der Waals surface area contributed by atoms with Gasteiger partial charge in [0.25, 0.3) is 5.69 Å². The molecule has 0 atom stereocenters. The molecule has 0 N–H and O–H groups in total. The topological polar surface area (TPSA) is 69.4 Å². The molecule has 0 unspecified atom stereocenters. The fourth-order valence-electron chi connectivity index (χ4n) is 1.81. The molecule has 2 rings (SSSR count). The highest BCUT2D eigenvalue weighted by atomic mass is 35.5. The highest BCUT2D eigenvalue weighted by Gasteiger charge is 2.18. The summed E-state index contributed by atoms with van der Waals surface area (Å²) in [6.07, 6.45) is 0.662. The second-order valence-electron chi connectivity index (χ2n) is 4.46. The molecule has 5 nitrogen and oxygen atoms in total. The van der Waals surface area contributed by atoms with Gasteiger partial charge < -0.3 is 4.74 Å². The summed E-state index contributed by atoms with van der Waals surface area (Å²) in [6, 6.07) is 11.6. The van der Waals surface area contributed by atoms with Crippen molar-refractivity contribution >= 4 is 34.9 Å². The lowest BCUT2D eigenvalue weighted by Gasteiger charge is -2.08. The monoisotopic (exact) mass is 339 g/mol. The van der Waals surface area contributed by atoms with Gasteiger partial charge in [-0.25, -0.2) is 0 Å². The highest BCUT2D eigenvalue weighted by Crippen LogP contribution is 2.36. The maximum absolute atomic E-state index is 11.8. The maximum Gasteiger partial charge on any atom is 0.311 e. The molecule has 0 saturated carbocycles. The van der Waals surface area contributed by atoms with Crippen molar-refractivity contribution in [2.45, 2.75) is 12.8 Å². The van der Waals surface area contributed by atoms with Crippen molar-refractivity contribution in [2.24, 2.45) is 0 Å². The van der Waals surface area contributed by atoms with Gasteiger partial charge in [-0.2, -0.15) is 0 Å². The van der Waals surface area contributed by atoms with Crippen LogP contribution in [0.5, 0.6) is 5.75 Å². The van der Waals surface area contributed by atoms with Gasteiger partial charge in [0, 0.05) is 18.6 Å². The molecule has 0 amide bonds. The van der Waals surface area contributed by atoms with E-state index in [4.69, 9.17) is 27.9 Å². The minimum atomic E-state index is -0.626. The van der Waals surface area contributed by atoms with Crippen LogP contribution in [0.4, 0.5) is 5.69 Å². The van der Waals surface area contributed by atoms with Gasteiger partial charge >= 0.3 is 5.97 Å². The van der Waals surface area contributed by atoms with Gasteiger partial charge in [-0.05, 0) is 12.0 Å². The molecule has 0 aromatic heterocycles. The number of nitro groups is 1. The van der Waals surface area contributed by atoms with Gasteiger partial charge in [-0.3, -0.25) is 14.9 Å². The molecular formula is C15H11Cl2NO4. The molecule has 0 spiro atoms. The van der Waals surface area contributed by atoms with Crippen molar-refractivity contribution in [1.29, 1.82) is 0 Å². The Morgan fingerprint density at radius 1 is 1.14 bits per heavy atom. The van der Waals surface area contributed by atoms with E-state index in [1.165, 1.54) is 0 Å².